The van der Waals surface area contributed by atoms with Gasteiger partial charge < -0.3 is 30.1 Å². The van der Waals surface area contributed by atoms with Crippen LogP contribution in [0.1, 0.15) is 41.1 Å². The van der Waals surface area contributed by atoms with E-state index in [9.17, 15) is 9.90 Å². The number of carbonyl (C=O) groups excluding carboxylic acids is 1. The summed E-state index contributed by atoms with van der Waals surface area (Å²) in [6.07, 6.45) is 3.52. The molecule has 3 aromatic carbocycles. The number of amides is 2. The van der Waals surface area contributed by atoms with Gasteiger partial charge in [0, 0.05) is 69.3 Å². The number of aliphatic hydroxyl groups is 1. The molecule has 44 heavy (non-hydrogen) atoms. The number of aromatic nitrogens is 2. The van der Waals surface area contributed by atoms with Crippen molar-refractivity contribution in [1.82, 2.24) is 20.2 Å². The molecule has 2 amide bonds. The Morgan fingerprint density at radius 2 is 1.52 bits per heavy atom. The molecule has 3 atom stereocenters. The van der Waals surface area contributed by atoms with Gasteiger partial charge in [-0.1, -0.05) is 66.7 Å². The van der Waals surface area contributed by atoms with Gasteiger partial charge in [-0.25, -0.2) is 14.8 Å². The number of nitrogens with zero attached hydrogens (tertiary/aromatic N) is 4. The molecule has 2 fully saturated rings. The van der Waals surface area contributed by atoms with E-state index in [1.54, 1.807) is 12.4 Å². The largest absolute Gasteiger partial charge is 0.392 e. The van der Waals surface area contributed by atoms with Crippen LogP contribution in [0, 0.1) is 0 Å². The summed E-state index contributed by atoms with van der Waals surface area (Å²) in [5.74, 6) is 0.771. The van der Waals surface area contributed by atoms with E-state index in [-0.39, 0.29) is 24.8 Å². The molecule has 10 heteroatoms. The number of benzene rings is 3. The standard InChI is InChI=1S/C34H38N6O4/c41-24-26-7-9-27(10-8-26)31-21-30(23-39-17-19-40(20-18-39)33-35-15-4-16-36-33)43-32(44-31)28-11-13-29(14-12-28)38-34(42)37-22-25-5-2-1-3-6-25/h1-16,30-32,41H,17-24H2,(H2,37,38,42)/t30-,31+,32+/m1/s1. The highest BCUT2D eigenvalue weighted by molar-refractivity contribution is 5.89. The van der Waals surface area contributed by atoms with Gasteiger partial charge in [-0.2, -0.15) is 0 Å². The summed E-state index contributed by atoms with van der Waals surface area (Å²) < 4.78 is 13.1. The molecule has 0 bridgehead atoms. The lowest BCUT2D eigenvalue weighted by molar-refractivity contribution is -0.253. The lowest BCUT2D eigenvalue weighted by Crippen LogP contribution is -2.50. The van der Waals surface area contributed by atoms with Crippen LogP contribution in [0.5, 0.6) is 0 Å². The molecule has 0 saturated carbocycles. The molecular formula is C34H38N6O4. The first-order valence-electron chi connectivity index (χ1n) is 15.1. The molecule has 2 aliphatic rings. The van der Waals surface area contributed by atoms with E-state index in [0.717, 1.165) is 67.3 Å². The molecule has 3 N–H and O–H groups in total. The quantitative estimate of drug-likeness (QED) is 0.257. The summed E-state index contributed by atoms with van der Waals surface area (Å²) in [5, 5.41) is 15.3. The van der Waals surface area contributed by atoms with Crippen LogP contribution in [0.15, 0.2) is 97.3 Å². The Balaban J connectivity index is 1.10. The lowest BCUT2D eigenvalue weighted by Gasteiger charge is -2.40. The summed E-state index contributed by atoms with van der Waals surface area (Å²) >= 11 is 0. The smallest absolute Gasteiger partial charge is 0.319 e. The summed E-state index contributed by atoms with van der Waals surface area (Å²) in [4.78, 5) is 25.9. The molecule has 0 radical (unpaired) electrons. The second-order valence-electron chi connectivity index (χ2n) is 11.1. The molecule has 0 unspecified atom stereocenters. The summed E-state index contributed by atoms with van der Waals surface area (Å²) in [6.45, 7) is 4.75. The SMILES string of the molecule is O=C(NCc1ccccc1)Nc1ccc([C@H]2O[C@@H](CN3CCN(c4ncccn4)CC3)C[C@@H](c3ccc(CO)cc3)O2)cc1. The van der Waals surface area contributed by atoms with Gasteiger partial charge in [-0.15, -0.1) is 0 Å². The average molecular weight is 595 g/mol. The van der Waals surface area contributed by atoms with E-state index in [1.807, 2.05) is 84.9 Å². The molecule has 2 saturated heterocycles. The number of rotatable bonds is 9. The fourth-order valence-corrected chi connectivity index (χ4v) is 5.58. The van der Waals surface area contributed by atoms with Crippen LogP contribution in [-0.4, -0.2) is 64.8 Å². The molecule has 6 rings (SSSR count). The van der Waals surface area contributed by atoms with E-state index < -0.39 is 6.29 Å². The van der Waals surface area contributed by atoms with Crippen molar-refractivity contribution in [3.8, 4) is 0 Å². The molecule has 0 spiro atoms. The van der Waals surface area contributed by atoms with Crippen LogP contribution in [0.2, 0.25) is 0 Å². The predicted molar refractivity (Wildman–Crippen MR) is 168 cm³/mol. The topological polar surface area (TPSA) is 112 Å². The van der Waals surface area contributed by atoms with E-state index >= 15 is 0 Å². The molecule has 228 valence electrons. The number of ether oxygens (including phenoxy) is 2. The van der Waals surface area contributed by atoms with Crippen LogP contribution in [0.25, 0.3) is 0 Å². The fourth-order valence-electron chi connectivity index (χ4n) is 5.58. The highest BCUT2D eigenvalue weighted by Gasteiger charge is 2.34. The zero-order valence-electron chi connectivity index (χ0n) is 24.6. The highest BCUT2D eigenvalue weighted by Crippen LogP contribution is 2.38. The second-order valence-corrected chi connectivity index (χ2v) is 11.1. The van der Waals surface area contributed by atoms with Crippen LogP contribution >= 0.6 is 0 Å². The second kappa shape index (κ2) is 14.4. The molecular weight excluding hydrogens is 556 g/mol. The molecule has 3 heterocycles. The van der Waals surface area contributed by atoms with Crippen LogP contribution in [0.3, 0.4) is 0 Å². The van der Waals surface area contributed by atoms with Crippen molar-refractivity contribution in [3.63, 3.8) is 0 Å². The van der Waals surface area contributed by atoms with Gasteiger partial charge in [-0.05, 0) is 34.9 Å². The van der Waals surface area contributed by atoms with Crippen molar-refractivity contribution in [2.75, 3.05) is 42.9 Å². The first-order chi connectivity index (χ1) is 21.6. The summed E-state index contributed by atoms with van der Waals surface area (Å²) in [6, 6.07) is 26.9. The van der Waals surface area contributed by atoms with Crippen LogP contribution in [0.4, 0.5) is 16.4 Å². The maximum Gasteiger partial charge on any atom is 0.319 e. The Kier molecular flexibility index (Phi) is 9.73. The third kappa shape index (κ3) is 7.78. The minimum absolute atomic E-state index is 0.00479. The predicted octanol–water partition coefficient (Wildman–Crippen LogP) is 4.66. The molecule has 10 nitrogen and oxygen atoms in total. The maximum atomic E-state index is 12.4. The van der Waals surface area contributed by atoms with Gasteiger partial charge in [0.25, 0.3) is 0 Å². The van der Waals surface area contributed by atoms with Crippen molar-refractivity contribution in [3.05, 3.63) is 120 Å². The Labute approximate surface area is 257 Å². The number of hydrogen-bond acceptors (Lipinski definition) is 8. The van der Waals surface area contributed by atoms with Crippen molar-refractivity contribution in [2.45, 2.75) is 38.1 Å². The van der Waals surface area contributed by atoms with Crippen LogP contribution in [-0.2, 0) is 22.6 Å². The van der Waals surface area contributed by atoms with Crippen molar-refractivity contribution < 1.29 is 19.4 Å². The number of carbonyl (C=O) groups is 1. The van der Waals surface area contributed by atoms with E-state index in [0.29, 0.717) is 12.2 Å². The molecule has 1 aromatic heterocycles. The van der Waals surface area contributed by atoms with Crippen molar-refractivity contribution in [1.29, 1.82) is 0 Å². The van der Waals surface area contributed by atoms with Gasteiger partial charge >= 0.3 is 6.03 Å². The van der Waals surface area contributed by atoms with Gasteiger partial charge in [0.15, 0.2) is 6.29 Å². The Hall–Kier alpha value is -4.35. The van der Waals surface area contributed by atoms with E-state index in [4.69, 9.17) is 9.47 Å². The third-order valence-corrected chi connectivity index (χ3v) is 8.02. The zero-order valence-corrected chi connectivity index (χ0v) is 24.6. The highest BCUT2D eigenvalue weighted by atomic mass is 16.7. The van der Waals surface area contributed by atoms with Crippen molar-refractivity contribution >= 4 is 17.7 Å². The first kappa shape index (κ1) is 29.7. The first-order valence-corrected chi connectivity index (χ1v) is 15.1. The van der Waals surface area contributed by atoms with Gasteiger partial charge in [-0.3, -0.25) is 4.90 Å². The van der Waals surface area contributed by atoms with Crippen LogP contribution < -0.4 is 15.5 Å². The Morgan fingerprint density at radius 3 is 2.23 bits per heavy atom. The minimum atomic E-state index is -0.559. The maximum absolute atomic E-state index is 12.4. The number of nitrogens with one attached hydrogen (secondary N) is 2. The number of urea groups is 1. The lowest BCUT2D eigenvalue weighted by atomic mass is 9.99. The molecule has 4 aromatic rings. The van der Waals surface area contributed by atoms with E-state index in [1.165, 1.54) is 0 Å². The van der Waals surface area contributed by atoms with Gasteiger partial charge in [0.05, 0.1) is 18.8 Å². The van der Waals surface area contributed by atoms with Crippen molar-refractivity contribution in [2.24, 2.45) is 0 Å². The molecule has 2 aliphatic heterocycles. The Morgan fingerprint density at radius 1 is 0.818 bits per heavy atom. The number of aliphatic hydroxyl groups excluding tert-OH is 1. The third-order valence-electron chi connectivity index (χ3n) is 8.02. The normalized spacial score (nSPS) is 20.7. The van der Waals surface area contributed by atoms with E-state index in [2.05, 4.69) is 30.4 Å². The number of anilines is 2. The summed E-state index contributed by atoms with van der Waals surface area (Å²) in [5.41, 5.74) is 4.52. The Bertz CT molecular complexity index is 1470. The van der Waals surface area contributed by atoms with Gasteiger partial charge in [0.2, 0.25) is 5.95 Å². The minimum Gasteiger partial charge on any atom is -0.392 e. The van der Waals surface area contributed by atoms with Gasteiger partial charge in [0.1, 0.15) is 0 Å². The number of hydrogen-bond donors (Lipinski definition) is 3. The average Bonchev–Trinajstić information content (AvgIpc) is 3.09. The molecule has 0 aliphatic carbocycles. The summed E-state index contributed by atoms with van der Waals surface area (Å²) in [7, 11) is 0. The fraction of sp³-hybridized carbons (Fsp3) is 0.324. The monoisotopic (exact) mass is 594 g/mol. The number of piperazine rings is 1. The zero-order chi connectivity index (χ0) is 30.1.